The van der Waals surface area contributed by atoms with Gasteiger partial charge >= 0.3 is 0 Å². The molecule has 0 spiro atoms. The van der Waals surface area contributed by atoms with Gasteiger partial charge in [-0.1, -0.05) is 31.5 Å². The molecular formula is C13H14ClN. The van der Waals surface area contributed by atoms with E-state index in [4.69, 9.17) is 11.6 Å². The summed E-state index contributed by atoms with van der Waals surface area (Å²) >= 11 is 6.26. The molecule has 0 N–H and O–H groups in total. The number of fused-ring (bicyclic) bond motifs is 1. The maximum atomic E-state index is 6.26. The number of halogens is 1. The van der Waals surface area contributed by atoms with Crippen LogP contribution in [0, 0.1) is 6.92 Å². The highest BCUT2D eigenvalue weighted by atomic mass is 35.5. The van der Waals surface area contributed by atoms with E-state index in [-0.39, 0.29) is 0 Å². The second-order valence-corrected chi connectivity index (χ2v) is 4.56. The molecule has 0 aliphatic heterocycles. The molecule has 0 radical (unpaired) electrons. The summed E-state index contributed by atoms with van der Waals surface area (Å²) in [5, 5.41) is 1.88. The minimum absolute atomic E-state index is 0.519. The molecule has 1 aromatic heterocycles. The van der Waals surface area contributed by atoms with Gasteiger partial charge in [-0.05, 0) is 36.1 Å². The Morgan fingerprint density at radius 2 is 2.00 bits per heavy atom. The number of aromatic nitrogens is 1. The second-order valence-electron chi connectivity index (χ2n) is 4.19. The predicted molar refractivity (Wildman–Crippen MR) is 65.6 cm³/mol. The van der Waals surface area contributed by atoms with Crippen LogP contribution in [0.5, 0.6) is 0 Å². The van der Waals surface area contributed by atoms with Gasteiger partial charge in [0.05, 0.1) is 10.5 Å². The van der Waals surface area contributed by atoms with Gasteiger partial charge in [-0.3, -0.25) is 4.98 Å². The summed E-state index contributed by atoms with van der Waals surface area (Å²) in [4.78, 5) is 4.36. The highest BCUT2D eigenvalue weighted by Gasteiger charge is 2.06. The van der Waals surface area contributed by atoms with Crippen molar-refractivity contribution < 1.29 is 0 Å². The van der Waals surface area contributed by atoms with Crippen LogP contribution in [0.3, 0.4) is 0 Å². The molecular weight excluding hydrogens is 206 g/mol. The highest BCUT2D eigenvalue weighted by molar-refractivity contribution is 6.36. The third-order valence-electron chi connectivity index (χ3n) is 2.67. The van der Waals surface area contributed by atoms with Crippen LogP contribution in [-0.4, -0.2) is 4.98 Å². The zero-order valence-electron chi connectivity index (χ0n) is 9.21. The van der Waals surface area contributed by atoms with E-state index in [1.54, 1.807) is 0 Å². The minimum Gasteiger partial charge on any atom is -0.256 e. The molecule has 0 saturated carbocycles. The first-order valence-electron chi connectivity index (χ1n) is 5.14. The molecule has 0 fully saturated rings. The summed E-state index contributed by atoms with van der Waals surface area (Å²) in [7, 11) is 0. The Bertz CT molecular complexity index is 503. The quantitative estimate of drug-likeness (QED) is 0.696. The van der Waals surface area contributed by atoms with Crippen molar-refractivity contribution in [1.82, 2.24) is 4.98 Å². The molecule has 0 bridgehead atoms. The third-order valence-corrected chi connectivity index (χ3v) is 3.17. The highest BCUT2D eigenvalue weighted by Crippen LogP contribution is 2.28. The molecule has 15 heavy (non-hydrogen) atoms. The lowest BCUT2D eigenvalue weighted by atomic mass is 10.0. The zero-order valence-corrected chi connectivity index (χ0v) is 9.97. The van der Waals surface area contributed by atoms with Crippen molar-refractivity contribution in [3.63, 3.8) is 0 Å². The average Bonchev–Trinajstić information content (AvgIpc) is 2.23. The number of pyridine rings is 1. The molecule has 78 valence electrons. The number of benzene rings is 1. The summed E-state index contributed by atoms with van der Waals surface area (Å²) in [5.41, 5.74) is 3.30. The van der Waals surface area contributed by atoms with E-state index in [1.807, 2.05) is 19.2 Å². The number of rotatable bonds is 1. The molecule has 0 unspecified atom stereocenters. The van der Waals surface area contributed by atoms with Crippen molar-refractivity contribution in [2.75, 3.05) is 0 Å². The van der Waals surface area contributed by atoms with Gasteiger partial charge in [0.1, 0.15) is 0 Å². The Kier molecular flexibility index (Phi) is 2.66. The smallest absolute Gasteiger partial charge is 0.0717 e. The lowest BCUT2D eigenvalue weighted by molar-refractivity contribution is 0.868. The topological polar surface area (TPSA) is 12.9 Å². The fourth-order valence-corrected chi connectivity index (χ4v) is 1.84. The summed E-state index contributed by atoms with van der Waals surface area (Å²) in [6.45, 7) is 6.34. The number of aryl methyl sites for hydroxylation is 1. The third kappa shape index (κ3) is 1.84. The van der Waals surface area contributed by atoms with E-state index in [1.165, 1.54) is 5.56 Å². The van der Waals surface area contributed by atoms with E-state index in [0.29, 0.717) is 5.92 Å². The minimum atomic E-state index is 0.519. The Morgan fingerprint density at radius 3 is 2.67 bits per heavy atom. The monoisotopic (exact) mass is 219 g/mol. The van der Waals surface area contributed by atoms with Gasteiger partial charge < -0.3 is 0 Å². The van der Waals surface area contributed by atoms with Gasteiger partial charge in [0.2, 0.25) is 0 Å². The number of hydrogen-bond donors (Lipinski definition) is 0. The second kappa shape index (κ2) is 3.82. The van der Waals surface area contributed by atoms with E-state index < -0.39 is 0 Å². The van der Waals surface area contributed by atoms with Crippen LogP contribution in [0.25, 0.3) is 10.9 Å². The number of nitrogens with zero attached hydrogens (tertiary/aromatic N) is 1. The Balaban J connectivity index is 2.73. The van der Waals surface area contributed by atoms with Gasteiger partial charge in [-0.2, -0.15) is 0 Å². The van der Waals surface area contributed by atoms with Gasteiger partial charge in [-0.25, -0.2) is 0 Å². The van der Waals surface area contributed by atoms with Crippen LogP contribution < -0.4 is 0 Å². The molecule has 0 aliphatic carbocycles. The summed E-state index contributed by atoms with van der Waals surface area (Å²) in [5.74, 6) is 0.519. The average molecular weight is 220 g/mol. The van der Waals surface area contributed by atoms with Crippen LogP contribution in [0.2, 0.25) is 5.02 Å². The maximum Gasteiger partial charge on any atom is 0.0717 e. The molecule has 0 aliphatic rings. The zero-order chi connectivity index (χ0) is 11.0. The van der Waals surface area contributed by atoms with E-state index in [9.17, 15) is 0 Å². The van der Waals surface area contributed by atoms with Crippen LogP contribution >= 0.6 is 11.6 Å². The maximum absolute atomic E-state index is 6.26. The molecule has 1 heterocycles. The molecule has 2 rings (SSSR count). The van der Waals surface area contributed by atoms with Gasteiger partial charge in [0.15, 0.2) is 0 Å². The SMILES string of the molecule is Cc1cnc2ccc(C(C)C)cc2c1Cl. The molecule has 2 aromatic rings. The Hall–Kier alpha value is -1.08. The fraction of sp³-hybridized carbons (Fsp3) is 0.308. The molecule has 2 heteroatoms. The lowest BCUT2D eigenvalue weighted by Gasteiger charge is -2.08. The first-order chi connectivity index (χ1) is 7.09. The van der Waals surface area contributed by atoms with Crippen molar-refractivity contribution in [3.8, 4) is 0 Å². The standard InChI is InChI=1S/C13H14ClN/c1-8(2)10-4-5-12-11(6-10)13(14)9(3)7-15-12/h4-8H,1-3H3. The first-order valence-corrected chi connectivity index (χ1v) is 5.52. The van der Waals surface area contributed by atoms with Crippen molar-refractivity contribution in [1.29, 1.82) is 0 Å². The van der Waals surface area contributed by atoms with Crippen molar-refractivity contribution in [2.24, 2.45) is 0 Å². The van der Waals surface area contributed by atoms with Crippen molar-refractivity contribution >= 4 is 22.5 Å². The van der Waals surface area contributed by atoms with Crippen LogP contribution in [0.1, 0.15) is 30.9 Å². The van der Waals surface area contributed by atoms with Crippen molar-refractivity contribution in [3.05, 3.63) is 40.5 Å². The molecule has 0 saturated heterocycles. The fourth-order valence-electron chi connectivity index (χ4n) is 1.64. The summed E-state index contributed by atoms with van der Waals surface area (Å²) in [6, 6.07) is 6.30. The lowest BCUT2D eigenvalue weighted by Crippen LogP contribution is -1.89. The van der Waals surface area contributed by atoms with Gasteiger partial charge in [0, 0.05) is 11.6 Å². The molecule has 0 amide bonds. The molecule has 1 nitrogen and oxygen atoms in total. The Morgan fingerprint density at radius 1 is 1.27 bits per heavy atom. The first kappa shape index (κ1) is 10.4. The largest absolute Gasteiger partial charge is 0.256 e. The van der Waals surface area contributed by atoms with Gasteiger partial charge in [0.25, 0.3) is 0 Å². The van der Waals surface area contributed by atoms with Crippen molar-refractivity contribution in [2.45, 2.75) is 26.7 Å². The van der Waals surface area contributed by atoms with Crippen LogP contribution in [-0.2, 0) is 0 Å². The Labute approximate surface area is 95.1 Å². The number of hydrogen-bond acceptors (Lipinski definition) is 1. The van der Waals surface area contributed by atoms with Crippen LogP contribution in [0.15, 0.2) is 24.4 Å². The van der Waals surface area contributed by atoms with E-state index in [0.717, 1.165) is 21.5 Å². The summed E-state index contributed by atoms with van der Waals surface area (Å²) in [6.07, 6.45) is 1.82. The summed E-state index contributed by atoms with van der Waals surface area (Å²) < 4.78 is 0. The molecule has 0 atom stereocenters. The normalized spacial score (nSPS) is 11.3. The molecule has 1 aromatic carbocycles. The van der Waals surface area contributed by atoms with Crippen LogP contribution in [0.4, 0.5) is 0 Å². The van der Waals surface area contributed by atoms with E-state index in [2.05, 4.69) is 31.0 Å². The predicted octanol–water partition coefficient (Wildman–Crippen LogP) is 4.32. The van der Waals surface area contributed by atoms with E-state index >= 15 is 0 Å². The van der Waals surface area contributed by atoms with Gasteiger partial charge in [-0.15, -0.1) is 0 Å².